The van der Waals surface area contributed by atoms with Crippen molar-refractivity contribution in [3.05, 3.63) is 12.2 Å². The second-order valence-corrected chi connectivity index (χ2v) is 8.09. The van der Waals surface area contributed by atoms with Gasteiger partial charge in [-0.2, -0.15) is 0 Å². The fourth-order valence-electron chi connectivity index (χ4n) is 3.41. The summed E-state index contributed by atoms with van der Waals surface area (Å²) in [5.41, 5.74) is 0.0379. The van der Waals surface area contributed by atoms with Crippen molar-refractivity contribution in [2.75, 3.05) is 6.54 Å². The van der Waals surface area contributed by atoms with Gasteiger partial charge in [0, 0.05) is 12.0 Å². The average molecular weight is 307 g/mol. The molecule has 1 fully saturated rings. The van der Waals surface area contributed by atoms with E-state index in [-0.39, 0.29) is 28.8 Å². The highest BCUT2D eigenvalue weighted by Crippen LogP contribution is 2.47. The minimum atomic E-state index is 0.0168. The van der Waals surface area contributed by atoms with Crippen LogP contribution in [0.4, 0.5) is 0 Å². The lowest BCUT2D eigenvalue weighted by molar-refractivity contribution is -0.118. The third-order valence-corrected chi connectivity index (χ3v) is 5.39. The van der Waals surface area contributed by atoms with E-state index >= 15 is 0 Å². The topological polar surface area (TPSA) is 41.6 Å². The van der Waals surface area contributed by atoms with Crippen molar-refractivity contribution in [2.45, 2.75) is 84.5 Å². The molecule has 0 bridgehead atoms. The van der Waals surface area contributed by atoms with Gasteiger partial charge in [-0.3, -0.25) is 4.79 Å². The molecular weight excluding hydrogens is 274 g/mol. The molecule has 2 rings (SSSR count). The van der Waals surface area contributed by atoms with Crippen LogP contribution in [0, 0.1) is 11.3 Å². The van der Waals surface area contributed by atoms with E-state index in [9.17, 15) is 4.79 Å². The van der Waals surface area contributed by atoms with Crippen LogP contribution in [-0.4, -0.2) is 30.1 Å². The second-order valence-electron chi connectivity index (χ2n) is 8.09. The number of carbonyl (C=O) groups is 1. The summed E-state index contributed by atoms with van der Waals surface area (Å²) < 4.78 is 6.00. The number of hydrogen-bond donors (Lipinski definition) is 1. The van der Waals surface area contributed by atoms with E-state index < -0.39 is 0 Å². The number of fused-ring (bicyclic) bond motifs is 1. The summed E-state index contributed by atoms with van der Waals surface area (Å²) >= 11 is 0. The maximum absolute atomic E-state index is 12.5. The molecule has 0 aromatic carbocycles. The Bertz CT molecular complexity index is 429. The normalized spacial score (nSPS) is 39.7. The molecule has 2 aliphatic rings. The number of ether oxygens (including phenoxy) is 1. The number of carbonyl (C=O) groups excluding carboxylic acids is 1. The van der Waals surface area contributed by atoms with E-state index in [1.54, 1.807) is 0 Å². The van der Waals surface area contributed by atoms with Crippen molar-refractivity contribution in [1.29, 1.82) is 0 Å². The average Bonchev–Trinajstić information content (AvgIpc) is 3.08. The molecule has 0 aromatic heterocycles. The molecule has 3 nitrogen and oxygen atoms in total. The zero-order valence-corrected chi connectivity index (χ0v) is 14.9. The van der Waals surface area contributed by atoms with Gasteiger partial charge in [-0.05, 0) is 50.6 Å². The molecule has 0 radical (unpaired) electrons. The molecular formula is C19H33NO2. The van der Waals surface area contributed by atoms with E-state index in [0.29, 0.717) is 6.10 Å². The lowest BCUT2D eigenvalue weighted by Gasteiger charge is -2.24. The van der Waals surface area contributed by atoms with Crippen LogP contribution in [0.25, 0.3) is 0 Å². The van der Waals surface area contributed by atoms with E-state index in [0.717, 1.165) is 32.2 Å². The summed E-state index contributed by atoms with van der Waals surface area (Å²) in [6.45, 7) is 11.9. The molecule has 0 unspecified atom stereocenters. The highest BCUT2D eigenvalue weighted by molar-refractivity contribution is 5.92. The Morgan fingerprint density at radius 3 is 2.77 bits per heavy atom. The van der Waals surface area contributed by atoms with Crippen LogP contribution in [0.5, 0.6) is 0 Å². The molecule has 22 heavy (non-hydrogen) atoms. The van der Waals surface area contributed by atoms with Crippen LogP contribution in [0.3, 0.4) is 0 Å². The second kappa shape index (κ2) is 6.84. The van der Waals surface area contributed by atoms with E-state index in [4.69, 9.17) is 4.74 Å². The zero-order valence-electron chi connectivity index (χ0n) is 14.9. The van der Waals surface area contributed by atoms with E-state index in [2.05, 4.69) is 46.0 Å². The molecule has 126 valence electrons. The molecule has 4 atom stereocenters. The Hall–Kier alpha value is -0.670. The highest BCUT2D eigenvalue weighted by atomic mass is 16.6. The molecule has 0 aromatic rings. The van der Waals surface area contributed by atoms with Crippen molar-refractivity contribution < 1.29 is 9.53 Å². The minimum Gasteiger partial charge on any atom is -0.366 e. The summed E-state index contributed by atoms with van der Waals surface area (Å²) in [6.07, 6.45) is 9.62. The number of allylic oxidation sites excluding steroid dienone is 2. The lowest BCUT2D eigenvalue weighted by atomic mass is 9.84. The van der Waals surface area contributed by atoms with Crippen molar-refractivity contribution in [1.82, 2.24) is 5.32 Å². The van der Waals surface area contributed by atoms with Gasteiger partial charge < -0.3 is 10.1 Å². The number of epoxide rings is 1. The third-order valence-electron chi connectivity index (χ3n) is 5.39. The monoisotopic (exact) mass is 307 g/mol. The van der Waals surface area contributed by atoms with Crippen LogP contribution in [0.1, 0.15) is 66.7 Å². The molecule has 1 N–H and O–H groups in total. The number of nitrogens with one attached hydrogen (secondary N) is 1. The largest absolute Gasteiger partial charge is 0.366 e. The standard InChI is InChI=1S/C19H33NO2/c1-6-7-12-20-15-8-11-19(5)17(22-19)13-18(3,4)10-9-16(21)14(15)2/h9-10,14-15,17,20H,6-8,11-13H2,1-5H3/b10-9+/t14-,15-,17-,19-/m1/s1. The Morgan fingerprint density at radius 1 is 1.36 bits per heavy atom. The summed E-state index contributed by atoms with van der Waals surface area (Å²) in [4.78, 5) is 12.5. The van der Waals surface area contributed by atoms with Crippen molar-refractivity contribution >= 4 is 5.78 Å². The van der Waals surface area contributed by atoms with Crippen molar-refractivity contribution in [2.24, 2.45) is 11.3 Å². The smallest absolute Gasteiger partial charge is 0.159 e. The first-order valence-electron chi connectivity index (χ1n) is 8.92. The third kappa shape index (κ3) is 4.42. The molecule has 0 amide bonds. The van der Waals surface area contributed by atoms with Crippen LogP contribution in [0.2, 0.25) is 0 Å². The first-order valence-corrected chi connectivity index (χ1v) is 8.92. The van der Waals surface area contributed by atoms with Crippen LogP contribution >= 0.6 is 0 Å². The van der Waals surface area contributed by atoms with Gasteiger partial charge in [0.25, 0.3) is 0 Å². The van der Waals surface area contributed by atoms with Gasteiger partial charge >= 0.3 is 0 Å². The number of unbranched alkanes of at least 4 members (excludes halogenated alkanes) is 1. The highest BCUT2D eigenvalue weighted by Gasteiger charge is 2.53. The van der Waals surface area contributed by atoms with Crippen molar-refractivity contribution in [3.8, 4) is 0 Å². The lowest BCUT2D eigenvalue weighted by Crippen LogP contribution is -2.39. The molecule has 1 heterocycles. The van der Waals surface area contributed by atoms with Gasteiger partial charge in [-0.25, -0.2) is 0 Å². The maximum Gasteiger partial charge on any atom is 0.159 e. The van der Waals surface area contributed by atoms with Crippen molar-refractivity contribution in [3.63, 3.8) is 0 Å². The first kappa shape index (κ1) is 17.7. The first-order chi connectivity index (χ1) is 10.3. The Morgan fingerprint density at radius 2 is 2.09 bits per heavy atom. The van der Waals surface area contributed by atoms with Crippen LogP contribution < -0.4 is 5.32 Å². The van der Waals surface area contributed by atoms with Gasteiger partial charge in [-0.1, -0.05) is 40.2 Å². The Labute approximate surface area is 135 Å². The molecule has 1 aliphatic carbocycles. The van der Waals surface area contributed by atoms with Crippen LogP contribution in [0.15, 0.2) is 12.2 Å². The minimum absolute atomic E-state index is 0.0168. The fraction of sp³-hybridized carbons (Fsp3) is 0.842. The number of rotatable bonds is 4. The maximum atomic E-state index is 12.5. The number of ketones is 1. The molecule has 1 saturated heterocycles. The zero-order chi connectivity index (χ0) is 16.4. The Kier molecular flexibility index (Phi) is 5.50. The quantitative estimate of drug-likeness (QED) is 0.633. The van der Waals surface area contributed by atoms with Gasteiger partial charge in [0.05, 0.1) is 11.7 Å². The summed E-state index contributed by atoms with van der Waals surface area (Å²) in [5, 5.41) is 3.61. The predicted octanol–water partition coefficient (Wildman–Crippen LogP) is 3.87. The summed E-state index contributed by atoms with van der Waals surface area (Å²) in [6, 6.07) is 0.256. The van der Waals surface area contributed by atoms with Gasteiger partial charge in [-0.15, -0.1) is 0 Å². The molecule has 0 spiro atoms. The molecule has 3 heteroatoms. The van der Waals surface area contributed by atoms with Crippen LogP contribution in [-0.2, 0) is 9.53 Å². The molecule has 1 aliphatic heterocycles. The van der Waals surface area contributed by atoms with Gasteiger partial charge in [0.1, 0.15) is 0 Å². The van der Waals surface area contributed by atoms with Gasteiger partial charge in [0.2, 0.25) is 0 Å². The van der Waals surface area contributed by atoms with Gasteiger partial charge in [0.15, 0.2) is 5.78 Å². The SMILES string of the molecule is CCCCN[C@@H]1CC[C@@]2(C)O[C@@H]2CC(C)(C)/C=C/C(=O)[C@@H]1C. The summed E-state index contributed by atoms with van der Waals surface area (Å²) in [5.74, 6) is 0.284. The van der Waals surface area contributed by atoms with E-state index in [1.165, 1.54) is 6.42 Å². The van der Waals surface area contributed by atoms with E-state index in [1.807, 2.05) is 6.08 Å². The Balaban J connectivity index is 2.11. The summed E-state index contributed by atoms with van der Waals surface area (Å²) in [7, 11) is 0. The molecule has 0 saturated carbocycles. The fourth-order valence-corrected chi connectivity index (χ4v) is 3.41. The number of hydrogen-bond acceptors (Lipinski definition) is 3. The predicted molar refractivity (Wildman–Crippen MR) is 90.9 cm³/mol.